The average Bonchev–Trinajstić information content (AvgIpc) is 2.81. The molecule has 0 atom stereocenters. The molecule has 0 aliphatic carbocycles. The molecular formula is C29H39N3O4. The van der Waals surface area contributed by atoms with Crippen molar-refractivity contribution >= 4 is 17.4 Å². The SMILES string of the molecule is Cc1cc(CCNC(=O)Nc2ccccc2)cc(C)c1O.Cc1cc(NCOC(C)C)cc(C)c1O. The summed E-state index contributed by atoms with van der Waals surface area (Å²) in [6.07, 6.45) is 0.946. The van der Waals surface area contributed by atoms with Crippen LogP contribution in [-0.4, -0.2) is 35.6 Å². The van der Waals surface area contributed by atoms with E-state index < -0.39 is 0 Å². The molecule has 194 valence electrons. The van der Waals surface area contributed by atoms with E-state index in [1.807, 2.05) is 96.1 Å². The van der Waals surface area contributed by atoms with Gasteiger partial charge in [-0.25, -0.2) is 4.79 Å². The minimum atomic E-state index is -0.214. The Morgan fingerprint density at radius 3 is 1.89 bits per heavy atom. The van der Waals surface area contributed by atoms with Crippen LogP contribution in [-0.2, 0) is 11.2 Å². The molecule has 0 spiro atoms. The third-order valence-corrected chi connectivity index (χ3v) is 5.47. The number of urea groups is 1. The van der Waals surface area contributed by atoms with Gasteiger partial charge in [-0.1, -0.05) is 30.3 Å². The Morgan fingerprint density at radius 2 is 1.36 bits per heavy atom. The van der Waals surface area contributed by atoms with Crippen molar-refractivity contribution in [3.05, 3.63) is 82.4 Å². The molecule has 0 bridgehead atoms. The summed E-state index contributed by atoms with van der Waals surface area (Å²) in [5.74, 6) is 0.707. The molecule has 5 N–H and O–H groups in total. The largest absolute Gasteiger partial charge is 0.507 e. The minimum absolute atomic E-state index is 0.214. The number of aryl methyl sites for hydroxylation is 4. The number of anilines is 2. The molecule has 0 aromatic heterocycles. The fourth-order valence-corrected chi connectivity index (χ4v) is 3.56. The Labute approximate surface area is 214 Å². The van der Waals surface area contributed by atoms with Gasteiger partial charge in [0.05, 0.1) is 6.10 Å². The zero-order valence-corrected chi connectivity index (χ0v) is 22.1. The number of carbonyl (C=O) groups is 1. The maximum Gasteiger partial charge on any atom is 0.319 e. The molecule has 0 aliphatic heterocycles. The monoisotopic (exact) mass is 493 g/mol. The Balaban J connectivity index is 0.000000269. The van der Waals surface area contributed by atoms with Crippen LogP contribution in [0.2, 0.25) is 0 Å². The smallest absolute Gasteiger partial charge is 0.319 e. The highest BCUT2D eigenvalue weighted by molar-refractivity contribution is 5.89. The van der Waals surface area contributed by atoms with E-state index in [4.69, 9.17) is 4.74 Å². The fraction of sp³-hybridized carbons (Fsp3) is 0.345. The number of ether oxygens (including phenoxy) is 1. The van der Waals surface area contributed by atoms with Crippen LogP contribution in [0.4, 0.5) is 16.2 Å². The fourth-order valence-electron chi connectivity index (χ4n) is 3.56. The van der Waals surface area contributed by atoms with E-state index in [0.717, 1.165) is 45.6 Å². The van der Waals surface area contributed by atoms with Crippen LogP contribution in [0.15, 0.2) is 54.6 Å². The number of aromatic hydroxyl groups is 2. The van der Waals surface area contributed by atoms with Gasteiger partial charge in [-0.3, -0.25) is 0 Å². The number of phenolic OH excluding ortho intramolecular Hbond substituents is 2. The summed E-state index contributed by atoms with van der Waals surface area (Å²) in [7, 11) is 0. The molecule has 3 aromatic rings. The molecule has 7 heteroatoms. The lowest BCUT2D eigenvalue weighted by Crippen LogP contribution is -2.30. The van der Waals surface area contributed by atoms with E-state index in [2.05, 4.69) is 16.0 Å². The van der Waals surface area contributed by atoms with Crippen LogP contribution < -0.4 is 16.0 Å². The third kappa shape index (κ3) is 9.50. The van der Waals surface area contributed by atoms with Crippen LogP contribution in [0.1, 0.15) is 41.7 Å². The summed E-state index contributed by atoms with van der Waals surface area (Å²) < 4.78 is 5.38. The Morgan fingerprint density at radius 1 is 0.833 bits per heavy atom. The van der Waals surface area contributed by atoms with E-state index >= 15 is 0 Å². The molecule has 2 amide bonds. The van der Waals surface area contributed by atoms with Crippen LogP contribution in [0.3, 0.4) is 0 Å². The van der Waals surface area contributed by atoms with Crippen molar-refractivity contribution in [3.8, 4) is 11.5 Å². The molecule has 0 fully saturated rings. The van der Waals surface area contributed by atoms with Gasteiger partial charge in [0, 0.05) is 17.9 Å². The Kier molecular flexibility index (Phi) is 11.1. The Hall–Kier alpha value is -3.71. The summed E-state index contributed by atoms with van der Waals surface area (Å²) in [4.78, 5) is 11.7. The zero-order chi connectivity index (χ0) is 26.7. The summed E-state index contributed by atoms with van der Waals surface area (Å²) in [6.45, 7) is 12.5. The molecule has 0 heterocycles. The number of benzene rings is 3. The molecule has 3 rings (SSSR count). The number of nitrogens with one attached hydrogen (secondary N) is 3. The highest BCUT2D eigenvalue weighted by atomic mass is 16.5. The van der Waals surface area contributed by atoms with Gasteiger partial charge in [0.25, 0.3) is 0 Å². The lowest BCUT2D eigenvalue weighted by atomic mass is 10.0. The van der Waals surface area contributed by atoms with Crippen molar-refractivity contribution < 1.29 is 19.7 Å². The van der Waals surface area contributed by atoms with Gasteiger partial charge in [0.15, 0.2) is 0 Å². The number of hydrogen-bond acceptors (Lipinski definition) is 5. The van der Waals surface area contributed by atoms with Gasteiger partial charge < -0.3 is 30.9 Å². The first-order valence-electron chi connectivity index (χ1n) is 12.1. The lowest BCUT2D eigenvalue weighted by molar-refractivity contribution is 0.0939. The normalized spacial score (nSPS) is 10.4. The summed E-state index contributed by atoms with van der Waals surface area (Å²) in [6, 6.07) is 16.8. The topological polar surface area (TPSA) is 103 Å². The van der Waals surface area contributed by atoms with Crippen molar-refractivity contribution in [1.82, 2.24) is 5.32 Å². The Bertz CT molecular complexity index is 1080. The second-order valence-electron chi connectivity index (χ2n) is 9.07. The average molecular weight is 494 g/mol. The second kappa shape index (κ2) is 14.0. The molecule has 36 heavy (non-hydrogen) atoms. The zero-order valence-electron chi connectivity index (χ0n) is 22.1. The number of rotatable bonds is 8. The highest BCUT2D eigenvalue weighted by Gasteiger charge is 2.05. The van der Waals surface area contributed by atoms with Crippen molar-refractivity contribution in [2.24, 2.45) is 0 Å². The molecular weight excluding hydrogens is 454 g/mol. The van der Waals surface area contributed by atoms with Crippen LogP contribution in [0.25, 0.3) is 0 Å². The summed E-state index contributed by atoms with van der Waals surface area (Å²) in [5.41, 5.74) is 6.32. The number of para-hydroxylation sites is 1. The summed E-state index contributed by atoms with van der Waals surface area (Å²) >= 11 is 0. The van der Waals surface area contributed by atoms with Crippen molar-refractivity contribution in [2.75, 3.05) is 23.9 Å². The molecule has 0 saturated heterocycles. The maximum atomic E-state index is 11.7. The molecule has 0 radical (unpaired) electrons. The summed E-state index contributed by atoms with van der Waals surface area (Å²) in [5, 5.41) is 28.1. The molecule has 0 aliphatic rings. The van der Waals surface area contributed by atoms with E-state index in [-0.39, 0.29) is 12.1 Å². The number of hydrogen-bond donors (Lipinski definition) is 5. The van der Waals surface area contributed by atoms with Crippen LogP contribution in [0.5, 0.6) is 11.5 Å². The standard InChI is InChI=1S/C17H20N2O2.C12H19NO2/c1-12-10-14(11-13(2)16(12)20)8-9-18-17(21)19-15-6-4-3-5-7-15;1-8(2)15-7-13-11-5-9(3)12(14)10(4)6-11/h3-7,10-11,20H,8-9H2,1-2H3,(H2,18,19,21);5-6,8,13-14H,7H2,1-4H3. The first kappa shape index (κ1) is 28.5. The van der Waals surface area contributed by atoms with Gasteiger partial charge in [-0.2, -0.15) is 0 Å². The number of amides is 2. The van der Waals surface area contributed by atoms with Crippen molar-refractivity contribution in [3.63, 3.8) is 0 Å². The van der Waals surface area contributed by atoms with Gasteiger partial charge in [-0.05, 0) is 100 Å². The third-order valence-electron chi connectivity index (χ3n) is 5.47. The van der Waals surface area contributed by atoms with E-state index in [1.54, 1.807) is 0 Å². The predicted molar refractivity (Wildman–Crippen MR) is 147 cm³/mol. The predicted octanol–water partition coefficient (Wildman–Crippen LogP) is 6.18. The molecule has 3 aromatic carbocycles. The molecule has 0 unspecified atom stereocenters. The van der Waals surface area contributed by atoms with Gasteiger partial charge >= 0.3 is 6.03 Å². The van der Waals surface area contributed by atoms with Gasteiger partial charge in [0.1, 0.15) is 18.2 Å². The van der Waals surface area contributed by atoms with Crippen LogP contribution >= 0.6 is 0 Å². The minimum Gasteiger partial charge on any atom is -0.507 e. The number of carbonyl (C=O) groups excluding carboxylic acids is 1. The highest BCUT2D eigenvalue weighted by Crippen LogP contribution is 2.25. The van der Waals surface area contributed by atoms with Crippen molar-refractivity contribution in [2.45, 2.75) is 54.1 Å². The van der Waals surface area contributed by atoms with E-state index in [0.29, 0.717) is 24.8 Å². The second-order valence-corrected chi connectivity index (χ2v) is 9.07. The number of phenols is 2. The lowest BCUT2D eigenvalue weighted by Gasteiger charge is -2.12. The quantitative estimate of drug-likeness (QED) is 0.191. The van der Waals surface area contributed by atoms with Gasteiger partial charge in [-0.15, -0.1) is 0 Å². The molecule has 7 nitrogen and oxygen atoms in total. The molecule has 0 saturated carbocycles. The van der Waals surface area contributed by atoms with E-state index in [9.17, 15) is 15.0 Å². The first-order chi connectivity index (χ1) is 17.1. The van der Waals surface area contributed by atoms with Gasteiger partial charge in [0.2, 0.25) is 0 Å². The van der Waals surface area contributed by atoms with E-state index in [1.165, 1.54) is 0 Å². The maximum absolute atomic E-state index is 11.7. The van der Waals surface area contributed by atoms with Crippen molar-refractivity contribution in [1.29, 1.82) is 0 Å². The van der Waals surface area contributed by atoms with Crippen LogP contribution in [0, 0.1) is 27.7 Å². The first-order valence-corrected chi connectivity index (χ1v) is 12.1.